The van der Waals surface area contributed by atoms with Gasteiger partial charge in [0, 0.05) is 0 Å². The molecule has 0 bridgehead atoms. The topological polar surface area (TPSA) is 112 Å². The maximum Gasteiger partial charge on any atom is 0.245 e. The van der Waals surface area contributed by atoms with Crippen molar-refractivity contribution >= 4 is 28.4 Å². The molecule has 0 heterocycles. The molecule has 3 N–H and O–H groups in total. The molecular weight excluding hydrogens is 240 g/mol. The lowest BCUT2D eigenvalue weighted by Gasteiger charge is -2.31. The Morgan fingerprint density at radius 1 is 1.19 bits per heavy atom. The van der Waals surface area contributed by atoms with E-state index in [2.05, 4.69) is 0 Å². The summed E-state index contributed by atoms with van der Waals surface area (Å²) in [5.41, 5.74) is -2.52. The molecule has 0 aliphatic heterocycles. The molecule has 7 heteroatoms. The zero-order valence-electron chi connectivity index (χ0n) is 8.81. The maximum absolute atomic E-state index is 11.3. The van der Waals surface area contributed by atoms with Crippen LogP contribution in [0.3, 0.4) is 0 Å². The van der Waals surface area contributed by atoms with Crippen molar-refractivity contribution in [3.63, 3.8) is 0 Å². The molecule has 6 nitrogen and oxygen atoms in total. The number of rotatable bonds is 6. The number of carbonyl (C=O) groups is 3. The molecule has 0 radical (unpaired) electrons. The monoisotopic (exact) mass is 252 g/mol. The third-order valence-electron chi connectivity index (χ3n) is 2.42. The van der Waals surface area contributed by atoms with Gasteiger partial charge in [-0.2, -0.15) is 0 Å². The summed E-state index contributed by atoms with van der Waals surface area (Å²) >= 11 is 5.15. The first-order chi connectivity index (χ1) is 7.22. The average molecular weight is 253 g/mol. The number of Topliss-reactive ketones (excluding diaryl/α,β-unsaturated/α-hetero) is 2. The minimum atomic E-state index is -2.52. The fourth-order valence-electron chi connectivity index (χ4n) is 1.45. The van der Waals surface area contributed by atoms with Gasteiger partial charge in [0.1, 0.15) is 12.2 Å². The van der Waals surface area contributed by atoms with Gasteiger partial charge in [0.15, 0.2) is 17.0 Å². The molecule has 16 heavy (non-hydrogen) atoms. The number of carbonyl (C=O) groups excluding carboxylic acids is 3. The molecule has 0 fully saturated rings. The van der Waals surface area contributed by atoms with E-state index in [1.54, 1.807) is 0 Å². The van der Waals surface area contributed by atoms with E-state index in [-0.39, 0.29) is 0 Å². The summed E-state index contributed by atoms with van der Waals surface area (Å²) in [7, 11) is 0. The Morgan fingerprint density at radius 2 is 1.56 bits per heavy atom. The quantitative estimate of drug-likeness (QED) is 0.397. The van der Waals surface area contributed by atoms with E-state index in [0.717, 1.165) is 13.8 Å². The van der Waals surface area contributed by atoms with E-state index >= 15 is 0 Å². The van der Waals surface area contributed by atoms with E-state index in [0.29, 0.717) is 0 Å². The highest BCUT2D eigenvalue weighted by atomic mass is 35.5. The van der Waals surface area contributed by atoms with Crippen LogP contribution in [-0.4, -0.2) is 50.9 Å². The van der Waals surface area contributed by atoms with Gasteiger partial charge in [0.05, 0.1) is 6.61 Å². The van der Waals surface area contributed by atoms with Gasteiger partial charge in [0.2, 0.25) is 5.24 Å². The maximum atomic E-state index is 11.3. The van der Waals surface area contributed by atoms with Crippen molar-refractivity contribution < 1.29 is 29.7 Å². The van der Waals surface area contributed by atoms with Crippen LogP contribution in [0.4, 0.5) is 0 Å². The molecule has 92 valence electrons. The first-order valence-electron chi connectivity index (χ1n) is 4.41. The number of aliphatic hydroxyl groups excluding tert-OH is 3. The molecule has 0 saturated carbocycles. The second-order valence-electron chi connectivity index (χ2n) is 3.39. The zero-order chi connectivity index (χ0) is 13.1. The lowest BCUT2D eigenvalue weighted by Crippen LogP contribution is -2.56. The van der Waals surface area contributed by atoms with Gasteiger partial charge < -0.3 is 15.3 Å². The molecule has 2 unspecified atom stereocenters. The summed E-state index contributed by atoms with van der Waals surface area (Å²) in [5.74, 6) is -1.97. The number of halogens is 1. The van der Waals surface area contributed by atoms with Gasteiger partial charge in [-0.25, -0.2) is 0 Å². The van der Waals surface area contributed by atoms with Crippen LogP contribution in [0.5, 0.6) is 0 Å². The summed E-state index contributed by atoms with van der Waals surface area (Å²) in [4.78, 5) is 33.8. The van der Waals surface area contributed by atoms with Crippen LogP contribution >= 0.6 is 11.6 Å². The summed E-state index contributed by atoms with van der Waals surface area (Å²) in [5, 5.41) is 26.0. The SMILES string of the molecule is CC(=O)C(C(C)=O)(C(=O)Cl)C(O)C(O)CO. The van der Waals surface area contributed by atoms with Crippen LogP contribution in [-0.2, 0) is 14.4 Å². The van der Waals surface area contributed by atoms with Gasteiger partial charge in [-0.3, -0.25) is 14.4 Å². The van der Waals surface area contributed by atoms with Crippen LogP contribution in [0.15, 0.2) is 0 Å². The predicted molar refractivity (Wildman–Crippen MR) is 53.8 cm³/mol. The van der Waals surface area contributed by atoms with Crippen molar-refractivity contribution in [3.05, 3.63) is 0 Å². The Hall–Kier alpha value is -0.820. The molecule has 0 aromatic heterocycles. The second kappa shape index (κ2) is 5.49. The van der Waals surface area contributed by atoms with Crippen molar-refractivity contribution in [1.29, 1.82) is 0 Å². The normalized spacial score (nSPS) is 15.4. The highest BCUT2D eigenvalue weighted by molar-refractivity contribution is 6.69. The largest absolute Gasteiger partial charge is 0.394 e. The Kier molecular flexibility index (Phi) is 5.21. The van der Waals surface area contributed by atoms with E-state index in [1.165, 1.54) is 0 Å². The molecule has 0 aliphatic carbocycles. The summed E-state index contributed by atoms with van der Waals surface area (Å²) in [6, 6.07) is 0. The van der Waals surface area contributed by atoms with Gasteiger partial charge in [-0.15, -0.1) is 0 Å². The Labute approximate surface area is 96.8 Å². The number of hydrogen-bond acceptors (Lipinski definition) is 6. The van der Waals surface area contributed by atoms with Crippen LogP contribution in [0.1, 0.15) is 13.8 Å². The predicted octanol–water partition coefficient (Wildman–Crippen LogP) is -1.37. The van der Waals surface area contributed by atoms with Crippen LogP contribution in [0, 0.1) is 5.41 Å². The summed E-state index contributed by atoms with van der Waals surface area (Å²) in [6.07, 6.45) is -3.88. The lowest BCUT2D eigenvalue weighted by atomic mass is 9.74. The smallest absolute Gasteiger partial charge is 0.245 e. The van der Waals surface area contributed by atoms with Crippen LogP contribution < -0.4 is 0 Å². The lowest BCUT2D eigenvalue weighted by molar-refractivity contribution is -0.159. The molecule has 0 spiro atoms. The van der Waals surface area contributed by atoms with E-state index in [9.17, 15) is 24.6 Å². The van der Waals surface area contributed by atoms with Crippen LogP contribution in [0.2, 0.25) is 0 Å². The minimum Gasteiger partial charge on any atom is -0.394 e. The van der Waals surface area contributed by atoms with Crippen molar-refractivity contribution in [2.75, 3.05) is 6.61 Å². The highest BCUT2D eigenvalue weighted by Gasteiger charge is 2.55. The number of aliphatic hydroxyl groups is 3. The molecule has 0 rings (SSSR count). The second-order valence-corrected chi connectivity index (χ2v) is 3.73. The Balaban J connectivity index is 5.63. The van der Waals surface area contributed by atoms with Crippen molar-refractivity contribution in [1.82, 2.24) is 0 Å². The molecule has 0 aromatic carbocycles. The molecule has 0 saturated heterocycles. The summed E-state index contributed by atoms with van der Waals surface area (Å²) in [6.45, 7) is 0.887. The van der Waals surface area contributed by atoms with Gasteiger partial charge >= 0.3 is 0 Å². The molecular formula is C9H13ClO6. The minimum absolute atomic E-state index is 0.898. The summed E-state index contributed by atoms with van der Waals surface area (Å²) < 4.78 is 0. The average Bonchev–Trinajstić information content (AvgIpc) is 2.15. The Bertz CT molecular complexity index is 277. The standard InChI is InChI=1S/C9H13ClO6/c1-4(12)9(5(2)13,8(10)16)7(15)6(14)3-11/h6-7,11,14-15H,3H2,1-2H3. The molecule has 0 aliphatic rings. The van der Waals surface area contributed by atoms with Gasteiger partial charge in [-0.05, 0) is 25.4 Å². The fourth-order valence-corrected chi connectivity index (χ4v) is 1.82. The number of hydrogen-bond donors (Lipinski definition) is 3. The number of ketones is 2. The molecule has 2 atom stereocenters. The van der Waals surface area contributed by atoms with Crippen LogP contribution in [0.25, 0.3) is 0 Å². The van der Waals surface area contributed by atoms with E-state index < -0.39 is 41.0 Å². The van der Waals surface area contributed by atoms with E-state index in [1.807, 2.05) is 0 Å². The Morgan fingerprint density at radius 3 is 1.75 bits per heavy atom. The third-order valence-corrected chi connectivity index (χ3v) is 2.71. The first-order valence-corrected chi connectivity index (χ1v) is 4.79. The highest BCUT2D eigenvalue weighted by Crippen LogP contribution is 2.30. The van der Waals surface area contributed by atoms with Crippen molar-refractivity contribution in [2.45, 2.75) is 26.1 Å². The molecule has 0 aromatic rings. The van der Waals surface area contributed by atoms with Crippen molar-refractivity contribution in [3.8, 4) is 0 Å². The van der Waals surface area contributed by atoms with Gasteiger partial charge in [-0.1, -0.05) is 0 Å². The van der Waals surface area contributed by atoms with Crippen molar-refractivity contribution in [2.24, 2.45) is 5.41 Å². The van der Waals surface area contributed by atoms with Gasteiger partial charge in [0.25, 0.3) is 0 Å². The first kappa shape index (κ1) is 15.2. The zero-order valence-corrected chi connectivity index (χ0v) is 9.56. The molecule has 0 amide bonds. The third kappa shape index (κ3) is 2.30. The fraction of sp³-hybridized carbons (Fsp3) is 0.667. The van der Waals surface area contributed by atoms with E-state index in [4.69, 9.17) is 16.7 Å².